The van der Waals surface area contributed by atoms with Crippen LogP contribution in [-0.2, 0) is 0 Å². The summed E-state index contributed by atoms with van der Waals surface area (Å²) < 4.78 is 7.57. The van der Waals surface area contributed by atoms with E-state index in [0.717, 1.165) is 29.8 Å². The van der Waals surface area contributed by atoms with E-state index in [1.54, 1.807) is 11.3 Å². The lowest BCUT2D eigenvalue weighted by atomic mass is 10.0. The largest absolute Gasteiger partial charge is 0.489 e. The molecule has 4 heteroatoms. The van der Waals surface area contributed by atoms with Crippen molar-refractivity contribution in [1.82, 2.24) is 9.88 Å². The van der Waals surface area contributed by atoms with Gasteiger partial charge in [-0.05, 0) is 73.8 Å². The number of hydrogen-bond donors (Lipinski definition) is 0. The average Bonchev–Trinajstić information content (AvgIpc) is 3.16. The average molecular weight is 350 g/mol. The molecule has 2 unspecified atom stereocenters. The molecule has 128 valence electrons. The third-order valence-corrected chi connectivity index (χ3v) is 6.74. The summed E-state index contributed by atoms with van der Waals surface area (Å²) in [4.78, 5) is 7.19. The fraction of sp³-hybridized carbons (Fsp3) is 0.381. The highest BCUT2D eigenvalue weighted by Crippen LogP contribution is 2.36. The number of fused-ring (bicyclic) bond motifs is 3. The van der Waals surface area contributed by atoms with Gasteiger partial charge < -0.3 is 9.64 Å². The van der Waals surface area contributed by atoms with Crippen molar-refractivity contribution in [3.8, 4) is 17.0 Å². The number of benzene rings is 1. The van der Waals surface area contributed by atoms with Gasteiger partial charge in [-0.2, -0.15) is 0 Å². The van der Waals surface area contributed by atoms with Crippen LogP contribution in [0.15, 0.2) is 48.0 Å². The van der Waals surface area contributed by atoms with Crippen LogP contribution in [0.2, 0.25) is 0 Å². The fourth-order valence-electron chi connectivity index (χ4n) is 4.40. The highest BCUT2D eigenvalue weighted by molar-refractivity contribution is 7.17. The first kappa shape index (κ1) is 15.4. The molecule has 0 amide bonds. The van der Waals surface area contributed by atoms with Crippen molar-refractivity contribution in [3.63, 3.8) is 0 Å². The van der Waals surface area contributed by atoms with E-state index in [1.165, 1.54) is 22.9 Å². The second-order valence-corrected chi connectivity index (χ2v) is 8.26. The molecule has 0 spiro atoms. The predicted molar refractivity (Wildman–Crippen MR) is 103 cm³/mol. The molecule has 25 heavy (non-hydrogen) atoms. The smallest absolute Gasteiger partial charge is 0.138 e. The van der Waals surface area contributed by atoms with E-state index in [9.17, 15) is 0 Å². The molecule has 0 N–H and O–H groups in total. The van der Waals surface area contributed by atoms with E-state index in [2.05, 4.69) is 58.7 Å². The first-order chi connectivity index (χ1) is 12.3. The molecule has 0 radical (unpaired) electrons. The highest BCUT2D eigenvalue weighted by Gasteiger charge is 2.39. The molecule has 3 aromatic rings. The van der Waals surface area contributed by atoms with E-state index in [1.807, 2.05) is 6.20 Å². The van der Waals surface area contributed by atoms with E-state index in [0.29, 0.717) is 18.2 Å². The van der Waals surface area contributed by atoms with Crippen molar-refractivity contribution < 1.29 is 4.74 Å². The van der Waals surface area contributed by atoms with Gasteiger partial charge in [-0.25, -0.2) is 0 Å². The molecule has 2 aromatic heterocycles. The zero-order valence-corrected chi connectivity index (χ0v) is 15.2. The van der Waals surface area contributed by atoms with Crippen molar-refractivity contribution in [1.29, 1.82) is 0 Å². The molecule has 2 fully saturated rings. The Kier molecular flexibility index (Phi) is 3.75. The standard InChI is InChI=1S/C21H22N2OS/c1-23-16-3-4-17(23)12-19(11-16)24-18-5-6-20(22-13-18)14-2-7-21-15(10-14)8-9-25-21/h2,5-10,13,16-17,19H,3-4,11-12H2,1H3. The van der Waals surface area contributed by atoms with E-state index < -0.39 is 0 Å². The van der Waals surface area contributed by atoms with Crippen LogP contribution >= 0.6 is 11.3 Å². The monoisotopic (exact) mass is 350 g/mol. The molecular formula is C21H22N2OS. The fourth-order valence-corrected chi connectivity index (χ4v) is 5.17. The first-order valence-corrected chi connectivity index (χ1v) is 9.96. The summed E-state index contributed by atoms with van der Waals surface area (Å²) in [6.07, 6.45) is 7.15. The molecule has 3 nitrogen and oxygen atoms in total. The van der Waals surface area contributed by atoms with Crippen molar-refractivity contribution in [2.24, 2.45) is 0 Å². The maximum absolute atomic E-state index is 6.25. The molecule has 0 aliphatic carbocycles. The Labute approximate surface area is 152 Å². The van der Waals surface area contributed by atoms with Gasteiger partial charge in [0.2, 0.25) is 0 Å². The van der Waals surface area contributed by atoms with Crippen molar-refractivity contribution in [2.75, 3.05) is 7.05 Å². The molecule has 2 aliphatic rings. The highest BCUT2D eigenvalue weighted by atomic mass is 32.1. The van der Waals surface area contributed by atoms with Gasteiger partial charge in [0.15, 0.2) is 0 Å². The van der Waals surface area contributed by atoms with E-state index in [4.69, 9.17) is 4.74 Å². The quantitative estimate of drug-likeness (QED) is 0.667. The molecule has 2 aliphatic heterocycles. The molecular weight excluding hydrogens is 328 g/mol. The second kappa shape index (κ2) is 6.11. The number of nitrogens with zero attached hydrogens (tertiary/aromatic N) is 2. The summed E-state index contributed by atoms with van der Waals surface area (Å²) in [6.45, 7) is 0. The van der Waals surface area contributed by atoms with Gasteiger partial charge in [0, 0.05) is 22.3 Å². The summed E-state index contributed by atoms with van der Waals surface area (Å²) in [5, 5.41) is 3.42. The van der Waals surface area contributed by atoms with Gasteiger partial charge in [0.05, 0.1) is 11.9 Å². The lowest BCUT2D eigenvalue weighted by Gasteiger charge is -2.36. The Morgan fingerprint density at radius 3 is 2.68 bits per heavy atom. The number of pyridine rings is 1. The Bertz CT molecular complexity index is 874. The maximum atomic E-state index is 6.25. The maximum Gasteiger partial charge on any atom is 0.138 e. The van der Waals surface area contributed by atoms with Gasteiger partial charge >= 0.3 is 0 Å². The van der Waals surface area contributed by atoms with Gasteiger partial charge in [0.1, 0.15) is 11.9 Å². The van der Waals surface area contributed by atoms with Crippen LogP contribution in [0.3, 0.4) is 0 Å². The molecule has 5 rings (SSSR count). The van der Waals surface area contributed by atoms with Crippen LogP contribution in [0.5, 0.6) is 5.75 Å². The third kappa shape index (κ3) is 2.83. The zero-order valence-electron chi connectivity index (χ0n) is 14.4. The van der Waals surface area contributed by atoms with Gasteiger partial charge in [-0.3, -0.25) is 4.98 Å². The van der Waals surface area contributed by atoms with Crippen LogP contribution in [0, 0.1) is 0 Å². The minimum absolute atomic E-state index is 0.337. The number of rotatable bonds is 3. The van der Waals surface area contributed by atoms with Crippen LogP contribution in [0.1, 0.15) is 25.7 Å². The topological polar surface area (TPSA) is 25.4 Å². The molecule has 4 heterocycles. The van der Waals surface area contributed by atoms with Gasteiger partial charge in [-0.1, -0.05) is 6.07 Å². The number of piperidine rings is 1. The SMILES string of the molecule is CN1C2CCC1CC(Oc1ccc(-c3ccc4sccc4c3)nc1)C2. The Hall–Kier alpha value is -1.91. The predicted octanol–water partition coefficient (Wildman–Crippen LogP) is 4.97. The number of aromatic nitrogens is 1. The van der Waals surface area contributed by atoms with Crippen molar-refractivity contribution in [2.45, 2.75) is 43.9 Å². The lowest BCUT2D eigenvalue weighted by Crippen LogP contribution is -2.43. The summed E-state index contributed by atoms with van der Waals surface area (Å²) in [7, 11) is 2.26. The summed E-state index contributed by atoms with van der Waals surface area (Å²) >= 11 is 1.77. The Balaban J connectivity index is 1.31. The first-order valence-electron chi connectivity index (χ1n) is 9.08. The summed E-state index contributed by atoms with van der Waals surface area (Å²) in [5.74, 6) is 0.898. The Morgan fingerprint density at radius 1 is 1.08 bits per heavy atom. The minimum atomic E-state index is 0.337. The Morgan fingerprint density at radius 2 is 1.92 bits per heavy atom. The van der Waals surface area contributed by atoms with Crippen LogP contribution < -0.4 is 4.74 Å². The molecule has 2 atom stereocenters. The molecule has 2 bridgehead atoms. The number of thiophene rings is 1. The third-order valence-electron chi connectivity index (χ3n) is 5.84. The molecule has 2 saturated heterocycles. The normalized spacial score (nSPS) is 26.2. The van der Waals surface area contributed by atoms with Crippen LogP contribution in [-0.4, -0.2) is 35.1 Å². The molecule has 1 aromatic carbocycles. The van der Waals surface area contributed by atoms with E-state index in [-0.39, 0.29) is 0 Å². The van der Waals surface area contributed by atoms with Gasteiger partial charge in [0.25, 0.3) is 0 Å². The summed E-state index contributed by atoms with van der Waals surface area (Å²) in [5.41, 5.74) is 2.17. The van der Waals surface area contributed by atoms with Crippen LogP contribution in [0.4, 0.5) is 0 Å². The lowest BCUT2D eigenvalue weighted by molar-refractivity contribution is 0.0659. The van der Waals surface area contributed by atoms with Gasteiger partial charge in [-0.15, -0.1) is 11.3 Å². The van der Waals surface area contributed by atoms with Crippen LogP contribution in [0.25, 0.3) is 21.3 Å². The van der Waals surface area contributed by atoms with Crippen molar-refractivity contribution in [3.05, 3.63) is 48.0 Å². The number of hydrogen-bond acceptors (Lipinski definition) is 4. The van der Waals surface area contributed by atoms with Crippen molar-refractivity contribution >= 4 is 21.4 Å². The second-order valence-electron chi connectivity index (χ2n) is 7.31. The van der Waals surface area contributed by atoms with E-state index >= 15 is 0 Å². The summed E-state index contributed by atoms with van der Waals surface area (Å²) in [6, 6.07) is 14.2. The minimum Gasteiger partial charge on any atom is -0.489 e. The zero-order chi connectivity index (χ0) is 16.8. The number of ether oxygens (including phenoxy) is 1. The molecule has 0 saturated carbocycles.